The smallest absolute Gasteiger partial charge is 0.314 e. The molecule has 2 aliphatic carbocycles. The Morgan fingerprint density at radius 3 is 2.35 bits per heavy atom. The van der Waals surface area contributed by atoms with Crippen LogP contribution in [0.15, 0.2) is 0 Å². The molecule has 0 radical (unpaired) electrons. The van der Waals surface area contributed by atoms with Gasteiger partial charge in [0.1, 0.15) is 0 Å². The van der Waals surface area contributed by atoms with Gasteiger partial charge < -0.3 is 5.32 Å². The van der Waals surface area contributed by atoms with Crippen LogP contribution >= 0.6 is 0 Å². The second-order valence-corrected chi connectivity index (χ2v) is 6.34. The van der Waals surface area contributed by atoms with Gasteiger partial charge in [-0.3, -0.25) is 4.90 Å². The maximum absolute atomic E-state index is 12.7. The van der Waals surface area contributed by atoms with Gasteiger partial charge in [-0.2, -0.15) is 13.2 Å². The van der Waals surface area contributed by atoms with E-state index in [9.17, 15) is 13.2 Å². The van der Waals surface area contributed by atoms with Crippen LogP contribution in [0.1, 0.15) is 51.9 Å². The summed E-state index contributed by atoms with van der Waals surface area (Å²) in [6, 6.07) is 0.583. The molecule has 2 unspecified atom stereocenters. The summed E-state index contributed by atoms with van der Waals surface area (Å²) in [4.78, 5) is 1.69. The third-order valence-corrected chi connectivity index (χ3v) is 4.54. The molecular weight excluding hydrogens is 265 g/mol. The summed E-state index contributed by atoms with van der Waals surface area (Å²) < 4.78 is 38.1. The van der Waals surface area contributed by atoms with Crippen LogP contribution in [0.25, 0.3) is 0 Å². The number of nitrogens with zero attached hydrogens (tertiary/aromatic N) is 1. The van der Waals surface area contributed by atoms with E-state index >= 15 is 0 Å². The van der Waals surface area contributed by atoms with Crippen molar-refractivity contribution in [1.82, 2.24) is 10.2 Å². The first-order valence-corrected chi connectivity index (χ1v) is 8.04. The first kappa shape index (κ1) is 16.1. The fraction of sp³-hybridized carbons (Fsp3) is 1.00. The van der Waals surface area contributed by atoms with Gasteiger partial charge in [0.2, 0.25) is 0 Å². The molecule has 2 aliphatic rings. The first-order chi connectivity index (χ1) is 9.49. The molecule has 2 atom stereocenters. The van der Waals surface area contributed by atoms with E-state index in [2.05, 4.69) is 12.2 Å². The van der Waals surface area contributed by atoms with Crippen molar-refractivity contribution in [2.24, 2.45) is 5.92 Å². The summed E-state index contributed by atoms with van der Waals surface area (Å²) in [5.41, 5.74) is 0. The van der Waals surface area contributed by atoms with Crippen LogP contribution in [0.2, 0.25) is 0 Å². The maximum Gasteiger partial charge on any atom is 0.401 e. The number of hydrogen-bond acceptors (Lipinski definition) is 2. The maximum atomic E-state index is 12.7. The Labute approximate surface area is 120 Å². The molecule has 2 nitrogen and oxygen atoms in total. The lowest BCUT2D eigenvalue weighted by Gasteiger charge is -2.32. The fourth-order valence-electron chi connectivity index (χ4n) is 3.45. The SMILES string of the molecule is CCNC1CCCCCC1CN(CC(F)(F)F)C1CC1. The number of hydrogen-bond donors (Lipinski definition) is 1. The molecule has 0 saturated heterocycles. The Balaban J connectivity index is 1.95. The van der Waals surface area contributed by atoms with Gasteiger partial charge in [-0.1, -0.05) is 26.2 Å². The minimum absolute atomic E-state index is 0.183. The van der Waals surface area contributed by atoms with Crippen LogP contribution in [0.3, 0.4) is 0 Å². The van der Waals surface area contributed by atoms with E-state index in [4.69, 9.17) is 0 Å². The molecule has 0 heterocycles. The number of halogens is 3. The summed E-state index contributed by atoms with van der Waals surface area (Å²) in [6.07, 6.45) is 3.58. The van der Waals surface area contributed by atoms with Crippen molar-refractivity contribution in [3.63, 3.8) is 0 Å². The van der Waals surface area contributed by atoms with Crippen LogP contribution < -0.4 is 5.32 Å². The molecule has 2 saturated carbocycles. The molecule has 0 aliphatic heterocycles. The monoisotopic (exact) mass is 292 g/mol. The Kier molecular flexibility index (Phi) is 5.73. The van der Waals surface area contributed by atoms with Gasteiger partial charge in [0.25, 0.3) is 0 Å². The molecule has 0 aromatic rings. The summed E-state index contributed by atoms with van der Waals surface area (Å²) >= 11 is 0. The summed E-state index contributed by atoms with van der Waals surface area (Å²) in [5, 5.41) is 3.49. The number of rotatable bonds is 6. The second kappa shape index (κ2) is 7.12. The van der Waals surface area contributed by atoms with Crippen LogP contribution in [-0.2, 0) is 0 Å². The highest BCUT2D eigenvalue weighted by Crippen LogP contribution is 2.33. The summed E-state index contributed by atoms with van der Waals surface area (Å²) in [5.74, 6) is 0.375. The standard InChI is InChI=1S/C15H27F3N2/c1-2-19-14-7-5-3-4-6-12(14)10-20(13-8-9-13)11-15(16,17)18/h12-14,19H,2-11H2,1H3. The normalized spacial score (nSPS) is 28.6. The number of nitrogens with one attached hydrogen (secondary N) is 1. The predicted octanol–water partition coefficient (Wildman–Crippen LogP) is 3.57. The lowest BCUT2D eigenvalue weighted by Crippen LogP contribution is -2.45. The third-order valence-electron chi connectivity index (χ3n) is 4.54. The van der Waals surface area contributed by atoms with E-state index in [0.717, 1.165) is 38.6 Å². The van der Waals surface area contributed by atoms with E-state index in [1.54, 1.807) is 4.90 Å². The quantitative estimate of drug-likeness (QED) is 0.753. The highest BCUT2D eigenvalue weighted by atomic mass is 19.4. The molecule has 1 N–H and O–H groups in total. The van der Waals surface area contributed by atoms with E-state index < -0.39 is 12.7 Å². The van der Waals surface area contributed by atoms with Crippen molar-refractivity contribution in [3.05, 3.63) is 0 Å². The van der Waals surface area contributed by atoms with Crippen molar-refractivity contribution >= 4 is 0 Å². The molecule has 2 rings (SSSR count). The van der Waals surface area contributed by atoms with Crippen molar-refractivity contribution < 1.29 is 13.2 Å². The average molecular weight is 292 g/mol. The van der Waals surface area contributed by atoms with Gasteiger partial charge in [-0.05, 0) is 38.1 Å². The molecule has 5 heteroatoms. The van der Waals surface area contributed by atoms with Gasteiger partial charge >= 0.3 is 6.18 Å². The van der Waals surface area contributed by atoms with E-state index in [1.165, 1.54) is 12.8 Å². The molecule has 0 aromatic carbocycles. The third kappa shape index (κ3) is 5.24. The molecule has 0 amide bonds. The van der Waals surface area contributed by atoms with E-state index in [0.29, 0.717) is 18.5 Å². The Hall–Kier alpha value is -0.290. The van der Waals surface area contributed by atoms with Gasteiger partial charge in [0.05, 0.1) is 6.54 Å². The second-order valence-electron chi connectivity index (χ2n) is 6.34. The topological polar surface area (TPSA) is 15.3 Å². The zero-order valence-electron chi connectivity index (χ0n) is 12.4. The largest absolute Gasteiger partial charge is 0.401 e. The minimum atomic E-state index is -4.07. The highest BCUT2D eigenvalue weighted by Gasteiger charge is 2.39. The average Bonchev–Trinajstić information content (AvgIpc) is 3.15. The van der Waals surface area contributed by atoms with Gasteiger partial charge in [-0.15, -0.1) is 0 Å². The molecule has 118 valence electrons. The first-order valence-electron chi connectivity index (χ1n) is 8.04. The van der Waals surface area contributed by atoms with Gasteiger partial charge in [0, 0.05) is 18.6 Å². The molecular formula is C15H27F3N2. The molecule has 2 fully saturated rings. The fourth-order valence-corrected chi connectivity index (χ4v) is 3.45. The van der Waals surface area contributed by atoms with Crippen LogP contribution in [-0.4, -0.2) is 42.8 Å². The lowest BCUT2D eigenvalue weighted by atomic mass is 9.94. The zero-order chi connectivity index (χ0) is 14.6. The van der Waals surface area contributed by atoms with Crippen molar-refractivity contribution in [2.75, 3.05) is 19.6 Å². The van der Waals surface area contributed by atoms with E-state index in [1.807, 2.05) is 0 Å². The van der Waals surface area contributed by atoms with Gasteiger partial charge in [-0.25, -0.2) is 0 Å². The van der Waals surface area contributed by atoms with Crippen molar-refractivity contribution in [3.8, 4) is 0 Å². The predicted molar refractivity (Wildman–Crippen MR) is 74.7 cm³/mol. The highest BCUT2D eigenvalue weighted by molar-refractivity contribution is 4.89. The summed E-state index contributed by atoms with van der Waals surface area (Å²) in [6.45, 7) is 2.87. The molecule has 20 heavy (non-hydrogen) atoms. The minimum Gasteiger partial charge on any atom is -0.314 e. The van der Waals surface area contributed by atoms with Crippen molar-refractivity contribution in [1.29, 1.82) is 0 Å². The zero-order valence-corrected chi connectivity index (χ0v) is 12.4. The summed E-state index contributed by atoms with van der Waals surface area (Å²) in [7, 11) is 0. The van der Waals surface area contributed by atoms with Crippen LogP contribution in [0.5, 0.6) is 0 Å². The van der Waals surface area contributed by atoms with Gasteiger partial charge in [0.15, 0.2) is 0 Å². The van der Waals surface area contributed by atoms with Crippen molar-refractivity contribution in [2.45, 2.75) is 70.1 Å². The Morgan fingerprint density at radius 2 is 1.75 bits per heavy atom. The molecule has 0 spiro atoms. The Morgan fingerprint density at radius 1 is 1.05 bits per heavy atom. The molecule has 0 aromatic heterocycles. The molecule has 0 bridgehead atoms. The van der Waals surface area contributed by atoms with Crippen LogP contribution in [0, 0.1) is 5.92 Å². The number of alkyl halides is 3. The van der Waals surface area contributed by atoms with Crippen LogP contribution in [0.4, 0.5) is 13.2 Å². The Bertz CT molecular complexity index is 289. The lowest BCUT2D eigenvalue weighted by molar-refractivity contribution is -0.148. The van der Waals surface area contributed by atoms with E-state index in [-0.39, 0.29) is 6.04 Å².